The maximum atomic E-state index is 10.6. The van der Waals surface area contributed by atoms with Crippen LogP contribution in [0.3, 0.4) is 0 Å². The van der Waals surface area contributed by atoms with Crippen LogP contribution in [0.25, 0.3) is 11.6 Å². The van der Waals surface area contributed by atoms with E-state index in [0.717, 1.165) is 16.7 Å². The fourth-order valence-electron chi connectivity index (χ4n) is 1.18. The van der Waals surface area contributed by atoms with Gasteiger partial charge in [-0.25, -0.2) is 4.79 Å². The summed E-state index contributed by atoms with van der Waals surface area (Å²) in [7, 11) is 0. The monoisotopic (exact) mass is 202 g/mol. The lowest BCUT2D eigenvalue weighted by Gasteiger charge is -2.00. The number of benzene rings is 1. The van der Waals surface area contributed by atoms with Crippen molar-refractivity contribution in [3.63, 3.8) is 0 Å². The predicted molar refractivity (Wildman–Crippen MR) is 62.4 cm³/mol. The number of allylic oxidation sites excluding steroid dienone is 1. The normalized spacial score (nSPS) is 11.2. The second kappa shape index (κ2) is 4.60. The van der Waals surface area contributed by atoms with Gasteiger partial charge in [0.15, 0.2) is 0 Å². The summed E-state index contributed by atoms with van der Waals surface area (Å²) in [5, 5.41) is 8.70. The molecule has 15 heavy (non-hydrogen) atoms. The van der Waals surface area contributed by atoms with Crippen molar-refractivity contribution >= 4 is 17.6 Å². The molecular weight excluding hydrogens is 188 g/mol. The van der Waals surface area contributed by atoms with Gasteiger partial charge in [0.05, 0.1) is 0 Å². The first kappa shape index (κ1) is 11.2. The number of carbonyl (C=O) groups is 1. The zero-order valence-electron chi connectivity index (χ0n) is 8.95. The Balaban J connectivity index is 2.95. The number of hydrogen-bond donors (Lipinski definition) is 1. The van der Waals surface area contributed by atoms with E-state index in [-0.39, 0.29) is 0 Å². The maximum Gasteiger partial charge on any atom is 0.331 e. The topological polar surface area (TPSA) is 37.3 Å². The second-order valence-corrected chi connectivity index (χ2v) is 3.53. The smallest absolute Gasteiger partial charge is 0.331 e. The second-order valence-electron chi connectivity index (χ2n) is 3.53. The highest BCUT2D eigenvalue weighted by atomic mass is 16.4. The van der Waals surface area contributed by atoms with Crippen molar-refractivity contribution in [3.05, 3.63) is 47.5 Å². The average Bonchev–Trinajstić information content (AvgIpc) is 2.18. The zero-order chi connectivity index (χ0) is 11.4. The van der Waals surface area contributed by atoms with Crippen molar-refractivity contribution in [1.29, 1.82) is 0 Å². The first-order valence-electron chi connectivity index (χ1n) is 4.68. The zero-order valence-corrected chi connectivity index (χ0v) is 8.95. The Hall–Kier alpha value is -1.83. The molecule has 1 aromatic carbocycles. The van der Waals surface area contributed by atoms with Crippen LogP contribution in [0, 0.1) is 0 Å². The molecule has 0 unspecified atom stereocenters. The summed E-state index contributed by atoms with van der Waals surface area (Å²) in [5.41, 5.74) is 3.29. The first-order chi connectivity index (χ1) is 7.00. The Bertz CT molecular complexity index is 411. The molecule has 0 aliphatic carbocycles. The van der Waals surface area contributed by atoms with E-state index in [2.05, 4.69) is 6.58 Å². The largest absolute Gasteiger partial charge is 0.478 e. The van der Waals surface area contributed by atoms with Crippen molar-refractivity contribution in [3.8, 4) is 0 Å². The molecule has 1 rings (SSSR count). The van der Waals surface area contributed by atoms with Crippen LogP contribution in [0.1, 0.15) is 25.0 Å². The Labute approximate surface area is 89.6 Å². The average molecular weight is 202 g/mol. The summed E-state index contributed by atoms with van der Waals surface area (Å²) in [6.45, 7) is 7.35. The molecule has 1 N–H and O–H groups in total. The van der Waals surface area contributed by atoms with Crippen LogP contribution in [-0.4, -0.2) is 11.1 Å². The third kappa shape index (κ3) is 3.09. The Morgan fingerprint density at radius 2 is 1.80 bits per heavy atom. The van der Waals surface area contributed by atoms with Crippen LogP contribution in [0.5, 0.6) is 0 Å². The molecule has 1 aromatic rings. The molecule has 0 spiro atoms. The van der Waals surface area contributed by atoms with E-state index >= 15 is 0 Å². The predicted octanol–water partition coefficient (Wildman–Crippen LogP) is 3.21. The molecule has 0 saturated heterocycles. The summed E-state index contributed by atoms with van der Waals surface area (Å²) in [4.78, 5) is 10.6. The molecule has 0 bridgehead atoms. The van der Waals surface area contributed by atoms with Gasteiger partial charge in [-0.05, 0) is 31.1 Å². The fraction of sp³-hybridized carbons (Fsp3) is 0.154. The Kier molecular flexibility index (Phi) is 3.45. The van der Waals surface area contributed by atoms with E-state index in [4.69, 9.17) is 5.11 Å². The highest BCUT2D eigenvalue weighted by molar-refractivity contribution is 5.91. The van der Waals surface area contributed by atoms with Crippen LogP contribution >= 0.6 is 0 Å². The third-order valence-corrected chi connectivity index (χ3v) is 2.12. The third-order valence-electron chi connectivity index (χ3n) is 2.12. The van der Waals surface area contributed by atoms with E-state index < -0.39 is 5.97 Å². The lowest BCUT2D eigenvalue weighted by Crippen LogP contribution is -1.95. The number of carboxylic acid groups (broad SMARTS) is 1. The van der Waals surface area contributed by atoms with Gasteiger partial charge >= 0.3 is 5.97 Å². The van der Waals surface area contributed by atoms with Crippen LogP contribution in [0.4, 0.5) is 0 Å². The van der Waals surface area contributed by atoms with Gasteiger partial charge in [0.25, 0.3) is 0 Å². The summed E-state index contributed by atoms with van der Waals surface area (Å²) in [6, 6.07) is 7.64. The molecule has 0 saturated carbocycles. The van der Waals surface area contributed by atoms with Gasteiger partial charge in [-0.2, -0.15) is 0 Å². The minimum Gasteiger partial charge on any atom is -0.478 e. The molecule has 0 radical (unpaired) electrons. The highest BCUT2D eigenvalue weighted by Gasteiger charge is 1.99. The molecule has 2 heteroatoms. The van der Waals surface area contributed by atoms with Gasteiger partial charge in [-0.15, -0.1) is 0 Å². The summed E-state index contributed by atoms with van der Waals surface area (Å²) in [5.74, 6) is -0.890. The van der Waals surface area contributed by atoms with Gasteiger partial charge in [0.2, 0.25) is 0 Å². The van der Waals surface area contributed by atoms with Crippen LogP contribution in [0.2, 0.25) is 0 Å². The van der Waals surface area contributed by atoms with Gasteiger partial charge in [-0.3, -0.25) is 0 Å². The van der Waals surface area contributed by atoms with E-state index in [1.165, 1.54) is 0 Å². The molecule has 0 atom stereocenters. The molecule has 0 aliphatic rings. The fourth-order valence-corrected chi connectivity index (χ4v) is 1.18. The Morgan fingerprint density at radius 1 is 1.27 bits per heavy atom. The summed E-state index contributed by atoms with van der Waals surface area (Å²) in [6.07, 6.45) is 1.64. The quantitative estimate of drug-likeness (QED) is 0.764. The minimum atomic E-state index is -0.890. The van der Waals surface area contributed by atoms with E-state index in [9.17, 15) is 4.79 Å². The van der Waals surface area contributed by atoms with Crippen LogP contribution in [-0.2, 0) is 4.79 Å². The Morgan fingerprint density at radius 3 is 2.20 bits per heavy atom. The standard InChI is InChI=1S/C13H14O2/c1-9(2)12-6-4-11(5-7-12)8-10(3)13(14)15/h4-8H,1H2,2-3H3,(H,14,15)/b10-8+. The van der Waals surface area contributed by atoms with Gasteiger partial charge in [-0.1, -0.05) is 36.4 Å². The first-order valence-corrected chi connectivity index (χ1v) is 4.68. The SMILES string of the molecule is C=C(C)c1ccc(/C=C(\C)C(=O)O)cc1. The summed E-state index contributed by atoms with van der Waals surface area (Å²) >= 11 is 0. The van der Waals surface area contributed by atoms with Gasteiger partial charge in [0, 0.05) is 5.57 Å². The number of rotatable bonds is 3. The lowest BCUT2D eigenvalue weighted by atomic mass is 10.1. The number of carboxylic acids is 1. The van der Waals surface area contributed by atoms with Crippen molar-refractivity contribution in [2.45, 2.75) is 13.8 Å². The van der Waals surface area contributed by atoms with Gasteiger partial charge < -0.3 is 5.11 Å². The minimum absolute atomic E-state index is 0.332. The highest BCUT2D eigenvalue weighted by Crippen LogP contribution is 2.14. The maximum absolute atomic E-state index is 10.6. The molecule has 0 aliphatic heterocycles. The molecule has 0 fully saturated rings. The van der Waals surface area contributed by atoms with Crippen molar-refractivity contribution in [1.82, 2.24) is 0 Å². The molecular formula is C13H14O2. The van der Waals surface area contributed by atoms with Crippen molar-refractivity contribution in [2.75, 3.05) is 0 Å². The van der Waals surface area contributed by atoms with Crippen LogP contribution < -0.4 is 0 Å². The molecule has 2 nitrogen and oxygen atoms in total. The van der Waals surface area contributed by atoms with E-state index in [0.29, 0.717) is 5.57 Å². The number of aliphatic carboxylic acids is 1. The molecule has 0 amide bonds. The van der Waals surface area contributed by atoms with E-state index in [1.54, 1.807) is 13.0 Å². The van der Waals surface area contributed by atoms with Crippen molar-refractivity contribution in [2.24, 2.45) is 0 Å². The molecule has 0 heterocycles. The number of hydrogen-bond acceptors (Lipinski definition) is 1. The van der Waals surface area contributed by atoms with Crippen molar-refractivity contribution < 1.29 is 9.90 Å². The molecule has 78 valence electrons. The van der Waals surface area contributed by atoms with Crippen LogP contribution in [0.15, 0.2) is 36.4 Å². The van der Waals surface area contributed by atoms with E-state index in [1.807, 2.05) is 31.2 Å². The summed E-state index contributed by atoms with van der Waals surface area (Å²) < 4.78 is 0. The van der Waals surface area contributed by atoms with Gasteiger partial charge in [0.1, 0.15) is 0 Å². The lowest BCUT2D eigenvalue weighted by molar-refractivity contribution is -0.132. The molecule has 0 aromatic heterocycles.